The second kappa shape index (κ2) is 7.25. The molecule has 0 atom stereocenters. The number of esters is 1. The lowest BCUT2D eigenvalue weighted by molar-refractivity contribution is 0.0470. The lowest BCUT2D eigenvalue weighted by Crippen LogP contribution is -2.16. The summed E-state index contributed by atoms with van der Waals surface area (Å²) in [6.45, 7) is 5.26. The average molecular weight is 330 g/mol. The van der Waals surface area contributed by atoms with Crippen LogP contribution in [-0.2, 0) is 4.74 Å². The van der Waals surface area contributed by atoms with Gasteiger partial charge in [0.25, 0.3) is 0 Å². The molecule has 0 heterocycles. The summed E-state index contributed by atoms with van der Waals surface area (Å²) in [6, 6.07) is 7.49. The summed E-state index contributed by atoms with van der Waals surface area (Å²) in [7, 11) is 1.40. The van der Waals surface area contributed by atoms with Crippen LogP contribution in [0.3, 0.4) is 0 Å². The Bertz CT molecular complexity index is 796. The summed E-state index contributed by atoms with van der Waals surface area (Å²) in [5.74, 6) is -1.66. The van der Waals surface area contributed by atoms with Crippen molar-refractivity contribution in [3.63, 3.8) is 0 Å². The van der Waals surface area contributed by atoms with Crippen LogP contribution in [0.25, 0.3) is 0 Å². The average Bonchev–Trinajstić information content (AvgIpc) is 2.55. The van der Waals surface area contributed by atoms with Crippen molar-refractivity contribution in [1.82, 2.24) is 0 Å². The number of Topliss-reactive ketones (excluding diaryl/α,β-unsaturated/α-hetero) is 1. The molecule has 0 amide bonds. The summed E-state index contributed by atoms with van der Waals surface area (Å²) in [4.78, 5) is 24.2. The maximum atomic E-state index is 13.8. The molecular formula is C19H19FO4. The SMILES string of the molecule is COc1ccc(C(=O)OCC(=O)c2cc(C)c(C)cc2C)c(F)c1. The molecule has 0 fully saturated rings. The first-order valence-electron chi connectivity index (χ1n) is 7.45. The minimum atomic E-state index is -0.884. The summed E-state index contributed by atoms with van der Waals surface area (Å²) >= 11 is 0. The molecule has 5 heteroatoms. The number of ketones is 1. The van der Waals surface area contributed by atoms with Crippen LogP contribution < -0.4 is 4.74 Å². The molecule has 0 aliphatic heterocycles. The van der Waals surface area contributed by atoms with Gasteiger partial charge >= 0.3 is 5.97 Å². The van der Waals surface area contributed by atoms with Gasteiger partial charge < -0.3 is 9.47 Å². The molecule has 0 spiro atoms. The summed E-state index contributed by atoms with van der Waals surface area (Å²) < 4.78 is 23.7. The molecule has 4 nitrogen and oxygen atoms in total. The molecule has 2 aromatic carbocycles. The predicted octanol–water partition coefficient (Wildman–Crippen LogP) is 3.80. The van der Waals surface area contributed by atoms with Crippen molar-refractivity contribution >= 4 is 11.8 Å². The molecular weight excluding hydrogens is 311 g/mol. The highest BCUT2D eigenvalue weighted by molar-refractivity contribution is 6.00. The summed E-state index contributed by atoms with van der Waals surface area (Å²) in [5.41, 5.74) is 3.15. The Hall–Kier alpha value is -2.69. The van der Waals surface area contributed by atoms with Crippen LogP contribution in [0.15, 0.2) is 30.3 Å². The highest BCUT2D eigenvalue weighted by atomic mass is 19.1. The van der Waals surface area contributed by atoms with E-state index in [-0.39, 0.29) is 11.3 Å². The lowest BCUT2D eigenvalue weighted by Gasteiger charge is -2.10. The number of hydrogen-bond donors (Lipinski definition) is 0. The Balaban J connectivity index is 2.09. The van der Waals surface area contributed by atoms with Crippen LogP contribution in [0.2, 0.25) is 0 Å². The standard InChI is InChI=1S/C19H19FO4/c1-11-7-13(3)16(8-12(11)2)18(21)10-24-19(22)15-6-5-14(23-4)9-17(15)20/h5-9H,10H2,1-4H3. The van der Waals surface area contributed by atoms with Gasteiger partial charge in [0.1, 0.15) is 11.6 Å². The third-order valence-corrected chi connectivity index (χ3v) is 3.87. The summed E-state index contributed by atoms with van der Waals surface area (Å²) in [6.07, 6.45) is 0. The van der Waals surface area contributed by atoms with E-state index in [9.17, 15) is 14.0 Å². The van der Waals surface area contributed by atoms with Gasteiger partial charge in [0.2, 0.25) is 5.78 Å². The van der Waals surface area contributed by atoms with Crippen LogP contribution in [0, 0.1) is 26.6 Å². The van der Waals surface area contributed by atoms with Crippen molar-refractivity contribution in [1.29, 1.82) is 0 Å². The van der Waals surface area contributed by atoms with Gasteiger partial charge in [-0.25, -0.2) is 9.18 Å². The number of carbonyl (C=O) groups is 2. The van der Waals surface area contributed by atoms with Crippen LogP contribution in [0.1, 0.15) is 37.4 Å². The Morgan fingerprint density at radius 2 is 1.62 bits per heavy atom. The van der Waals surface area contributed by atoms with Gasteiger partial charge in [-0.05, 0) is 55.7 Å². The normalized spacial score (nSPS) is 10.4. The molecule has 0 aliphatic carbocycles. The maximum Gasteiger partial charge on any atom is 0.341 e. The van der Waals surface area contributed by atoms with E-state index in [1.807, 2.05) is 26.8 Å². The molecule has 0 aromatic heterocycles. The molecule has 0 aliphatic rings. The van der Waals surface area contributed by atoms with Crippen molar-refractivity contribution < 1.29 is 23.5 Å². The van der Waals surface area contributed by atoms with Gasteiger partial charge in [0.15, 0.2) is 6.61 Å². The van der Waals surface area contributed by atoms with Crippen molar-refractivity contribution in [3.8, 4) is 5.75 Å². The Kier molecular flexibility index (Phi) is 5.34. The van der Waals surface area contributed by atoms with E-state index in [1.54, 1.807) is 6.07 Å². The Morgan fingerprint density at radius 3 is 2.25 bits per heavy atom. The number of halogens is 1. The van der Waals surface area contributed by atoms with Gasteiger partial charge in [0, 0.05) is 11.6 Å². The zero-order valence-corrected chi connectivity index (χ0v) is 14.1. The minimum Gasteiger partial charge on any atom is -0.497 e. The first kappa shape index (κ1) is 17.7. The highest BCUT2D eigenvalue weighted by Crippen LogP contribution is 2.18. The van der Waals surface area contributed by atoms with E-state index in [0.29, 0.717) is 11.3 Å². The van der Waals surface area contributed by atoms with E-state index in [2.05, 4.69) is 0 Å². The molecule has 0 saturated carbocycles. The zero-order chi connectivity index (χ0) is 17.9. The van der Waals surface area contributed by atoms with Gasteiger partial charge in [-0.3, -0.25) is 4.79 Å². The summed E-state index contributed by atoms with van der Waals surface area (Å²) in [5, 5.41) is 0. The zero-order valence-electron chi connectivity index (χ0n) is 14.1. The molecule has 0 N–H and O–H groups in total. The first-order chi connectivity index (χ1) is 11.3. The fraction of sp³-hybridized carbons (Fsp3) is 0.263. The van der Waals surface area contributed by atoms with Gasteiger partial charge in [-0.15, -0.1) is 0 Å². The molecule has 2 rings (SSSR count). The van der Waals surface area contributed by atoms with E-state index in [4.69, 9.17) is 9.47 Å². The van der Waals surface area contributed by atoms with Crippen LogP contribution in [0.4, 0.5) is 4.39 Å². The van der Waals surface area contributed by atoms with Crippen LogP contribution in [-0.4, -0.2) is 25.5 Å². The van der Waals surface area contributed by atoms with E-state index in [1.165, 1.54) is 19.2 Å². The third kappa shape index (κ3) is 3.79. The minimum absolute atomic E-state index is 0.236. The monoisotopic (exact) mass is 330 g/mol. The van der Waals surface area contributed by atoms with E-state index in [0.717, 1.165) is 22.8 Å². The number of benzene rings is 2. The highest BCUT2D eigenvalue weighted by Gasteiger charge is 2.17. The molecule has 126 valence electrons. The molecule has 24 heavy (non-hydrogen) atoms. The molecule has 0 unspecified atom stereocenters. The second-order valence-corrected chi connectivity index (χ2v) is 5.60. The van der Waals surface area contributed by atoms with Gasteiger partial charge in [-0.2, -0.15) is 0 Å². The predicted molar refractivity (Wildman–Crippen MR) is 88.2 cm³/mol. The van der Waals surface area contributed by atoms with E-state index < -0.39 is 18.4 Å². The molecule has 0 saturated heterocycles. The second-order valence-electron chi connectivity index (χ2n) is 5.60. The van der Waals surface area contributed by atoms with Crippen molar-refractivity contribution in [2.75, 3.05) is 13.7 Å². The van der Waals surface area contributed by atoms with Crippen LogP contribution in [0.5, 0.6) is 5.75 Å². The van der Waals surface area contributed by atoms with Crippen molar-refractivity contribution in [2.24, 2.45) is 0 Å². The van der Waals surface area contributed by atoms with Crippen molar-refractivity contribution in [2.45, 2.75) is 20.8 Å². The maximum absolute atomic E-state index is 13.8. The van der Waals surface area contributed by atoms with Gasteiger partial charge in [-0.1, -0.05) is 6.07 Å². The Labute approximate surface area is 140 Å². The quantitative estimate of drug-likeness (QED) is 0.618. The third-order valence-electron chi connectivity index (χ3n) is 3.87. The van der Waals surface area contributed by atoms with Crippen molar-refractivity contribution in [3.05, 3.63) is 64.0 Å². The number of ether oxygens (including phenoxy) is 2. The largest absolute Gasteiger partial charge is 0.497 e. The smallest absolute Gasteiger partial charge is 0.341 e. The number of hydrogen-bond acceptors (Lipinski definition) is 4. The fourth-order valence-electron chi connectivity index (χ4n) is 2.34. The van der Waals surface area contributed by atoms with Gasteiger partial charge in [0.05, 0.1) is 12.7 Å². The number of aryl methyl sites for hydroxylation is 3. The molecule has 0 bridgehead atoms. The van der Waals surface area contributed by atoms with E-state index >= 15 is 0 Å². The lowest BCUT2D eigenvalue weighted by atomic mass is 9.98. The number of rotatable bonds is 5. The topological polar surface area (TPSA) is 52.6 Å². The molecule has 0 radical (unpaired) electrons. The first-order valence-corrected chi connectivity index (χ1v) is 7.45. The molecule has 2 aromatic rings. The number of carbonyl (C=O) groups excluding carboxylic acids is 2. The fourth-order valence-corrected chi connectivity index (χ4v) is 2.34. The van der Waals surface area contributed by atoms with Crippen LogP contribution >= 0.6 is 0 Å². The Morgan fingerprint density at radius 1 is 0.958 bits per heavy atom. The number of methoxy groups -OCH3 is 1.